The lowest BCUT2D eigenvalue weighted by atomic mass is 9.98. The zero-order valence-corrected chi connectivity index (χ0v) is 14.0. The fourth-order valence-corrected chi connectivity index (χ4v) is 2.98. The second-order valence-electron chi connectivity index (χ2n) is 6.78. The molecule has 0 atom stereocenters. The van der Waals surface area contributed by atoms with Crippen LogP contribution in [0.1, 0.15) is 54.9 Å². The smallest absolute Gasteiger partial charge is 0.280 e. The molecule has 24 heavy (non-hydrogen) atoms. The highest BCUT2D eigenvalue weighted by Gasteiger charge is 2.39. The van der Waals surface area contributed by atoms with Gasteiger partial charge in [-0.3, -0.25) is 4.79 Å². The van der Waals surface area contributed by atoms with Gasteiger partial charge in [-0.15, -0.1) is 0 Å². The SMILES string of the molecule is COCc1cc(C(F)F)nc2c(C(=O)NC(C)(C)C3CC3)ccn12. The molecule has 1 N–H and O–H groups in total. The van der Waals surface area contributed by atoms with E-state index in [1.165, 1.54) is 13.2 Å². The van der Waals surface area contributed by atoms with Gasteiger partial charge in [-0.2, -0.15) is 0 Å². The molecule has 0 unspecified atom stereocenters. The molecule has 1 fully saturated rings. The molecule has 130 valence electrons. The lowest BCUT2D eigenvalue weighted by Gasteiger charge is -2.26. The normalized spacial score (nSPS) is 15.2. The van der Waals surface area contributed by atoms with Gasteiger partial charge in [0.1, 0.15) is 11.3 Å². The van der Waals surface area contributed by atoms with E-state index >= 15 is 0 Å². The van der Waals surface area contributed by atoms with Gasteiger partial charge in [0, 0.05) is 18.8 Å². The standard InChI is InChI=1S/C17H21F2N3O2/c1-17(2,10-4-5-10)21-16(23)12-6-7-22-11(9-24-3)8-13(14(18)19)20-15(12)22/h6-8,10,14H,4-5,9H2,1-3H3,(H,21,23). The van der Waals surface area contributed by atoms with Gasteiger partial charge in [-0.05, 0) is 44.7 Å². The van der Waals surface area contributed by atoms with Crippen molar-refractivity contribution in [3.05, 3.63) is 35.3 Å². The minimum atomic E-state index is -2.71. The van der Waals surface area contributed by atoms with Crippen LogP contribution in [0.25, 0.3) is 5.65 Å². The number of aromatic nitrogens is 2. The molecule has 0 radical (unpaired) electrons. The van der Waals surface area contributed by atoms with Gasteiger partial charge in [0.15, 0.2) is 0 Å². The Labute approximate surface area is 139 Å². The molecular formula is C17H21F2N3O2. The average Bonchev–Trinajstić information content (AvgIpc) is 3.27. The molecule has 5 nitrogen and oxygen atoms in total. The Morgan fingerprint density at radius 3 is 2.79 bits per heavy atom. The van der Waals surface area contributed by atoms with Crippen LogP contribution in [0, 0.1) is 5.92 Å². The van der Waals surface area contributed by atoms with Gasteiger partial charge in [-0.1, -0.05) is 0 Å². The van der Waals surface area contributed by atoms with Crippen LogP contribution in [-0.4, -0.2) is 27.9 Å². The van der Waals surface area contributed by atoms with E-state index in [0.29, 0.717) is 17.2 Å². The Morgan fingerprint density at radius 1 is 1.50 bits per heavy atom. The van der Waals surface area contributed by atoms with Crippen molar-refractivity contribution in [1.29, 1.82) is 0 Å². The van der Waals surface area contributed by atoms with Crippen LogP contribution < -0.4 is 5.32 Å². The van der Waals surface area contributed by atoms with E-state index in [1.54, 1.807) is 16.7 Å². The number of halogens is 2. The summed E-state index contributed by atoms with van der Waals surface area (Å²) < 4.78 is 32.9. The number of carbonyl (C=O) groups excluding carboxylic acids is 1. The van der Waals surface area contributed by atoms with Crippen molar-refractivity contribution >= 4 is 11.6 Å². The highest BCUT2D eigenvalue weighted by atomic mass is 19.3. The Kier molecular flexibility index (Phi) is 4.29. The van der Waals surface area contributed by atoms with E-state index in [4.69, 9.17) is 4.74 Å². The lowest BCUT2D eigenvalue weighted by Crippen LogP contribution is -2.45. The van der Waals surface area contributed by atoms with Gasteiger partial charge in [0.2, 0.25) is 0 Å². The molecule has 2 aromatic rings. The molecule has 0 aliphatic heterocycles. The Hall–Kier alpha value is -2.02. The second kappa shape index (κ2) is 6.12. The first-order valence-corrected chi connectivity index (χ1v) is 7.94. The quantitative estimate of drug-likeness (QED) is 0.879. The summed E-state index contributed by atoms with van der Waals surface area (Å²) in [6.07, 6.45) is 1.13. The zero-order chi connectivity index (χ0) is 17.5. The lowest BCUT2D eigenvalue weighted by molar-refractivity contribution is 0.0904. The molecular weight excluding hydrogens is 316 g/mol. The topological polar surface area (TPSA) is 55.6 Å². The third kappa shape index (κ3) is 3.13. The molecule has 1 saturated carbocycles. The van der Waals surface area contributed by atoms with E-state index in [0.717, 1.165) is 12.8 Å². The summed E-state index contributed by atoms with van der Waals surface area (Å²) in [4.78, 5) is 16.6. The first kappa shape index (κ1) is 16.8. The van der Waals surface area contributed by atoms with Crippen LogP contribution in [-0.2, 0) is 11.3 Å². The maximum Gasteiger partial charge on any atom is 0.280 e. The van der Waals surface area contributed by atoms with Crippen molar-refractivity contribution < 1.29 is 18.3 Å². The van der Waals surface area contributed by atoms with E-state index in [9.17, 15) is 13.6 Å². The van der Waals surface area contributed by atoms with E-state index in [2.05, 4.69) is 10.3 Å². The van der Waals surface area contributed by atoms with Gasteiger partial charge < -0.3 is 14.5 Å². The molecule has 0 saturated heterocycles. The number of rotatable bonds is 6. The molecule has 0 aromatic carbocycles. The number of hydrogen-bond acceptors (Lipinski definition) is 3. The number of nitrogens with one attached hydrogen (secondary N) is 1. The fraction of sp³-hybridized carbons (Fsp3) is 0.529. The summed E-state index contributed by atoms with van der Waals surface area (Å²) in [7, 11) is 1.49. The first-order valence-electron chi connectivity index (χ1n) is 7.94. The van der Waals surface area contributed by atoms with Crippen LogP contribution in [0.5, 0.6) is 0 Å². The molecule has 7 heteroatoms. The van der Waals surface area contributed by atoms with Gasteiger partial charge in [0.25, 0.3) is 12.3 Å². The van der Waals surface area contributed by atoms with Crippen molar-refractivity contribution in [2.75, 3.05) is 7.11 Å². The van der Waals surface area contributed by atoms with Crippen molar-refractivity contribution in [3.8, 4) is 0 Å². The summed E-state index contributed by atoms with van der Waals surface area (Å²) in [5.41, 5.74) is 0.371. The van der Waals surface area contributed by atoms with E-state index in [-0.39, 0.29) is 29.4 Å². The van der Waals surface area contributed by atoms with E-state index < -0.39 is 6.43 Å². The Bertz CT molecular complexity index is 767. The third-order valence-corrected chi connectivity index (χ3v) is 4.51. The number of alkyl halides is 2. The molecule has 1 aliphatic carbocycles. The number of nitrogens with zero attached hydrogens (tertiary/aromatic N) is 2. The predicted octanol–water partition coefficient (Wildman–Crippen LogP) is 3.34. The third-order valence-electron chi connectivity index (χ3n) is 4.51. The van der Waals surface area contributed by atoms with Crippen molar-refractivity contribution in [1.82, 2.24) is 14.7 Å². The van der Waals surface area contributed by atoms with Crippen LogP contribution in [0.4, 0.5) is 8.78 Å². The maximum absolute atomic E-state index is 13.1. The molecule has 1 aliphatic rings. The predicted molar refractivity (Wildman–Crippen MR) is 85.1 cm³/mol. The number of methoxy groups -OCH3 is 1. The summed E-state index contributed by atoms with van der Waals surface area (Å²) in [6.45, 7) is 4.12. The number of ether oxygens (including phenoxy) is 1. The highest BCUT2D eigenvalue weighted by Crippen LogP contribution is 2.39. The van der Waals surface area contributed by atoms with Crippen LogP contribution in [0.15, 0.2) is 18.3 Å². The van der Waals surface area contributed by atoms with Crippen molar-refractivity contribution in [2.24, 2.45) is 5.92 Å². The number of carbonyl (C=O) groups is 1. The molecule has 1 amide bonds. The molecule has 0 spiro atoms. The van der Waals surface area contributed by atoms with Crippen LogP contribution >= 0.6 is 0 Å². The second-order valence-corrected chi connectivity index (χ2v) is 6.78. The zero-order valence-electron chi connectivity index (χ0n) is 14.0. The maximum atomic E-state index is 13.1. The van der Waals surface area contributed by atoms with Gasteiger partial charge in [-0.25, -0.2) is 13.8 Å². The Morgan fingerprint density at radius 2 is 2.21 bits per heavy atom. The first-order chi connectivity index (χ1) is 11.3. The number of amides is 1. The summed E-state index contributed by atoms with van der Waals surface area (Å²) in [5.74, 6) is 0.167. The highest BCUT2D eigenvalue weighted by molar-refractivity contribution is 6.00. The minimum absolute atomic E-state index is 0.155. The molecule has 0 bridgehead atoms. The van der Waals surface area contributed by atoms with E-state index in [1.807, 2.05) is 13.8 Å². The van der Waals surface area contributed by atoms with Gasteiger partial charge in [0.05, 0.1) is 17.9 Å². The number of fused-ring (bicyclic) bond motifs is 1. The summed E-state index contributed by atoms with van der Waals surface area (Å²) >= 11 is 0. The van der Waals surface area contributed by atoms with Crippen molar-refractivity contribution in [2.45, 2.75) is 45.3 Å². The minimum Gasteiger partial charge on any atom is -0.378 e. The van der Waals surface area contributed by atoms with Crippen LogP contribution in [0.2, 0.25) is 0 Å². The largest absolute Gasteiger partial charge is 0.378 e. The molecule has 2 heterocycles. The monoisotopic (exact) mass is 337 g/mol. The molecule has 2 aromatic heterocycles. The molecule has 3 rings (SSSR count). The summed E-state index contributed by atoms with van der Waals surface area (Å²) in [6, 6.07) is 2.91. The average molecular weight is 337 g/mol. The fourth-order valence-electron chi connectivity index (χ4n) is 2.98. The number of hydrogen-bond donors (Lipinski definition) is 1. The summed E-state index contributed by atoms with van der Waals surface area (Å²) in [5, 5.41) is 3.00. The van der Waals surface area contributed by atoms with Gasteiger partial charge >= 0.3 is 0 Å². The Balaban J connectivity index is 2.00. The van der Waals surface area contributed by atoms with Crippen LogP contribution in [0.3, 0.4) is 0 Å². The van der Waals surface area contributed by atoms with Crippen molar-refractivity contribution in [3.63, 3.8) is 0 Å².